The molecule has 8 nitrogen and oxygen atoms in total. The van der Waals surface area contributed by atoms with Crippen LogP contribution in [0.25, 0.3) is 5.82 Å². The molecule has 19 heavy (non-hydrogen) atoms. The summed E-state index contributed by atoms with van der Waals surface area (Å²) in [5.41, 5.74) is 10.6. The van der Waals surface area contributed by atoms with Crippen molar-refractivity contribution in [3.8, 4) is 5.82 Å². The van der Waals surface area contributed by atoms with Crippen molar-refractivity contribution in [3.05, 3.63) is 30.2 Å². The van der Waals surface area contributed by atoms with E-state index in [1.807, 2.05) is 0 Å². The van der Waals surface area contributed by atoms with E-state index >= 15 is 0 Å². The van der Waals surface area contributed by atoms with Gasteiger partial charge in [-0.3, -0.25) is 4.79 Å². The highest BCUT2D eigenvalue weighted by molar-refractivity contribution is 7.90. The van der Waals surface area contributed by atoms with E-state index in [4.69, 9.17) is 11.5 Å². The van der Waals surface area contributed by atoms with Crippen LogP contribution in [0.5, 0.6) is 0 Å². The summed E-state index contributed by atoms with van der Waals surface area (Å²) in [4.78, 5) is 15.0. The van der Waals surface area contributed by atoms with Gasteiger partial charge in [-0.25, -0.2) is 18.1 Å². The van der Waals surface area contributed by atoms with Gasteiger partial charge in [-0.2, -0.15) is 5.10 Å². The van der Waals surface area contributed by atoms with Crippen LogP contribution in [0.2, 0.25) is 0 Å². The van der Waals surface area contributed by atoms with Crippen LogP contribution in [0.4, 0.5) is 5.69 Å². The average molecular weight is 281 g/mol. The Morgan fingerprint density at radius 3 is 2.63 bits per heavy atom. The first kappa shape index (κ1) is 13.0. The van der Waals surface area contributed by atoms with Crippen molar-refractivity contribution in [1.82, 2.24) is 14.8 Å². The minimum atomic E-state index is -3.49. The third-order valence-corrected chi connectivity index (χ3v) is 3.46. The van der Waals surface area contributed by atoms with E-state index in [1.165, 1.54) is 24.5 Å². The van der Waals surface area contributed by atoms with E-state index in [0.29, 0.717) is 0 Å². The number of carbonyl (C=O) groups excluding carboxylic acids is 1. The number of pyridine rings is 1. The predicted octanol–water partition coefficient (Wildman–Crippen LogP) is -0.648. The maximum Gasteiger partial charge on any atom is 0.271 e. The maximum absolute atomic E-state index is 11.6. The smallest absolute Gasteiger partial charge is 0.271 e. The number of hydrogen-bond donors (Lipinski definition) is 2. The Bertz CT molecular complexity index is 750. The lowest BCUT2D eigenvalue weighted by Crippen LogP contribution is -2.14. The summed E-state index contributed by atoms with van der Waals surface area (Å²) in [7, 11) is -3.49. The van der Waals surface area contributed by atoms with Gasteiger partial charge in [0, 0.05) is 12.5 Å². The van der Waals surface area contributed by atoms with Gasteiger partial charge in [0.05, 0.1) is 11.9 Å². The fourth-order valence-corrected chi connectivity index (χ4v) is 2.33. The monoisotopic (exact) mass is 281 g/mol. The van der Waals surface area contributed by atoms with E-state index in [1.54, 1.807) is 0 Å². The van der Waals surface area contributed by atoms with Gasteiger partial charge in [-0.15, -0.1) is 0 Å². The number of nitrogens with two attached hydrogens (primary N) is 2. The fourth-order valence-electron chi connectivity index (χ4n) is 1.53. The zero-order valence-electron chi connectivity index (χ0n) is 9.94. The van der Waals surface area contributed by atoms with E-state index in [-0.39, 0.29) is 22.1 Å². The maximum atomic E-state index is 11.6. The van der Waals surface area contributed by atoms with Crippen LogP contribution in [0.3, 0.4) is 0 Å². The first-order chi connectivity index (χ1) is 8.80. The second-order valence-electron chi connectivity index (χ2n) is 3.84. The predicted molar refractivity (Wildman–Crippen MR) is 67.4 cm³/mol. The van der Waals surface area contributed by atoms with Crippen LogP contribution in [-0.2, 0) is 9.84 Å². The topological polar surface area (TPSA) is 134 Å². The molecule has 100 valence electrons. The number of nitrogens with zero attached hydrogens (tertiary/aromatic N) is 3. The van der Waals surface area contributed by atoms with E-state index in [9.17, 15) is 13.2 Å². The molecule has 0 aliphatic carbocycles. The first-order valence-electron chi connectivity index (χ1n) is 5.11. The number of anilines is 1. The summed E-state index contributed by atoms with van der Waals surface area (Å²) >= 11 is 0. The molecule has 9 heteroatoms. The molecule has 2 aromatic rings. The molecule has 4 N–H and O–H groups in total. The molecule has 0 saturated carbocycles. The zero-order valence-corrected chi connectivity index (χ0v) is 10.8. The van der Waals surface area contributed by atoms with Gasteiger partial charge >= 0.3 is 0 Å². The summed E-state index contributed by atoms with van der Waals surface area (Å²) in [5, 5.41) is 3.84. The number of sulfone groups is 1. The minimum Gasteiger partial charge on any atom is -0.396 e. The molecule has 0 aliphatic rings. The highest BCUT2D eigenvalue weighted by Gasteiger charge is 2.19. The molecule has 0 fully saturated rings. The van der Waals surface area contributed by atoms with Crippen molar-refractivity contribution in [2.45, 2.75) is 4.90 Å². The fraction of sp³-hybridized carbons (Fsp3) is 0.100. The van der Waals surface area contributed by atoms with Crippen molar-refractivity contribution in [3.63, 3.8) is 0 Å². The quantitative estimate of drug-likeness (QED) is 0.767. The largest absolute Gasteiger partial charge is 0.396 e. The molecular formula is C10H11N5O3S. The van der Waals surface area contributed by atoms with Crippen LogP contribution >= 0.6 is 0 Å². The van der Waals surface area contributed by atoms with Crippen molar-refractivity contribution in [2.24, 2.45) is 5.73 Å². The lowest BCUT2D eigenvalue weighted by atomic mass is 10.4. The van der Waals surface area contributed by atoms with E-state index < -0.39 is 15.7 Å². The SMILES string of the molecule is CS(=O)(=O)c1cccnc1-n1cc(N)c(C(N)=O)n1. The van der Waals surface area contributed by atoms with Crippen molar-refractivity contribution in [2.75, 3.05) is 12.0 Å². The molecule has 0 aliphatic heterocycles. The Balaban J connectivity index is 2.67. The standard InChI is InChI=1S/C10H11N5O3S/c1-19(17,18)7-3-2-4-13-10(7)15-5-6(11)8(14-15)9(12)16/h2-5H,11H2,1H3,(H2,12,16). The molecule has 2 heterocycles. The Labute approximate surface area is 109 Å². The number of aromatic nitrogens is 3. The molecule has 0 saturated heterocycles. The number of primary amides is 1. The van der Waals surface area contributed by atoms with Gasteiger partial charge < -0.3 is 11.5 Å². The van der Waals surface area contributed by atoms with Gasteiger partial charge in [-0.05, 0) is 12.1 Å². The van der Waals surface area contributed by atoms with Crippen LogP contribution in [0.1, 0.15) is 10.5 Å². The summed E-state index contributed by atoms with van der Waals surface area (Å²) in [5.74, 6) is -0.739. The van der Waals surface area contributed by atoms with Crippen molar-refractivity contribution >= 4 is 21.4 Å². The molecule has 0 radical (unpaired) electrons. The van der Waals surface area contributed by atoms with E-state index in [2.05, 4.69) is 10.1 Å². The molecule has 0 unspecified atom stereocenters. The Morgan fingerprint density at radius 2 is 2.11 bits per heavy atom. The molecule has 2 rings (SSSR count). The molecular weight excluding hydrogens is 270 g/mol. The summed E-state index contributed by atoms with van der Waals surface area (Å²) in [6.07, 6.45) is 3.75. The highest BCUT2D eigenvalue weighted by Crippen LogP contribution is 2.19. The molecule has 2 aromatic heterocycles. The van der Waals surface area contributed by atoms with Gasteiger partial charge in [-0.1, -0.05) is 0 Å². The molecule has 0 spiro atoms. The number of rotatable bonds is 3. The average Bonchev–Trinajstić information content (AvgIpc) is 2.70. The third kappa shape index (κ3) is 2.40. The molecule has 0 aromatic carbocycles. The second kappa shape index (κ2) is 4.35. The summed E-state index contributed by atoms with van der Waals surface area (Å²) in [6.45, 7) is 0. The van der Waals surface area contributed by atoms with Gasteiger partial charge in [0.1, 0.15) is 4.90 Å². The van der Waals surface area contributed by atoms with Gasteiger partial charge in [0.2, 0.25) is 0 Å². The van der Waals surface area contributed by atoms with Gasteiger partial charge in [0.25, 0.3) is 5.91 Å². The van der Waals surface area contributed by atoms with Crippen LogP contribution in [-0.4, -0.2) is 35.3 Å². The van der Waals surface area contributed by atoms with E-state index in [0.717, 1.165) is 10.9 Å². The lowest BCUT2D eigenvalue weighted by Gasteiger charge is -2.05. The zero-order chi connectivity index (χ0) is 14.2. The Hall–Kier alpha value is -2.42. The molecule has 0 atom stereocenters. The van der Waals surface area contributed by atoms with Gasteiger partial charge in [0.15, 0.2) is 21.3 Å². The summed E-state index contributed by atoms with van der Waals surface area (Å²) < 4.78 is 24.4. The molecule has 0 bridgehead atoms. The Morgan fingerprint density at radius 1 is 1.42 bits per heavy atom. The number of nitrogen functional groups attached to an aromatic ring is 1. The number of hydrogen-bond acceptors (Lipinski definition) is 6. The Kier molecular flexibility index (Phi) is 2.98. The van der Waals surface area contributed by atoms with Crippen molar-refractivity contribution in [1.29, 1.82) is 0 Å². The summed E-state index contributed by atoms with van der Waals surface area (Å²) in [6, 6.07) is 2.88. The lowest BCUT2D eigenvalue weighted by molar-refractivity contribution is 0.0996. The third-order valence-electron chi connectivity index (χ3n) is 2.34. The number of amides is 1. The highest BCUT2D eigenvalue weighted by atomic mass is 32.2. The normalized spacial score (nSPS) is 11.4. The van der Waals surface area contributed by atoms with Crippen LogP contribution in [0, 0.1) is 0 Å². The number of carbonyl (C=O) groups is 1. The van der Waals surface area contributed by atoms with Crippen LogP contribution in [0.15, 0.2) is 29.4 Å². The first-order valence-corrected chi connectivity index (χ1v) is 7.00. The minimum absolute atomic E-state index is 0.0199. The van der Waals surface area contributed by atoms with Crippen molar-refractivity contribution < 1.29 is 13.2 Å². The second-order valence-corrected chi connectivity index (χ2v) is 5.82. The van der Waals surface area contributed by atoms with Crippen LogP contribution < -0.4 is 11.5 Å². The molecule has 1 amide bonds.